The Morgan fingerprint density at radius 3 is 2.93 bits per heavy atom. The topological polar surface area (TPSA) is 98.9 Å². The lowest BCUT2D eigenvalue weighted by Crippen LogP contribution is -2.41. The van der Waals surface area contributed by atoms with E-state index in [0.717, 1.165) is 36.0 Å². The van der Waals surface area contributed by atoms with E-state index in [2.05, 4.69) is 26.1 Å². The van der Waals surface area contributed by atoms with Crippen LogP contribution in [0.1, 0.15) is 29.4 Å². The van der Waals surface area contributed by atoms with E-state index in [1.807, 2.05) is 42.5 Å². The van der Waals surface area contributed by atoms with Gasteiger partial charge in [-0.2, -0.15) is 5.10 Å². The first-order valence-corrected chi connectivity index (χ1v) is 9.03. The molecule has 2 aromatic carbocycles. The molecule has 1 unspecified atom stereocenters. The van der Waals surface area contributed by atoms with Crippen LogP contribution in [0.15, 0.2) is 42.5 Å². The van der Waals surface area contributed by atoms with Crippen LogP contribution in [0.3, 0.4) is 0 Å². The van der Waals surface area contributed by atoms with Gasteiger partial charge in [-0.1, -0.05) is 24.3 Å². The summed E-state index contributed by atoms with van der Waals surface area (Å²) < 4.78 is 0. The minimum Gasteiger partial charge on any atom is -0.385 e. The van der Waals surface area contributed by atoms with Gasteiger partial charge in [-0.05, 0) is 43.5 Å². The summed E-state index contributed by atoms with van der Waals surface area (Å²) in [6.07, 6.45) is 2.16. The highest BCUT2D eigenvalue weighted by atomic mass is 16.2. The quantitative estimate of drug-likeness (QED) is 0.573. The summed E-state index contributed by atoms with van der Waals surface area (Å²) in [5.74, 6) is -0.666. The van der Waals surface area contributed by atoms with Crippen molar-refractivity contribution in [3.63, 3.8) is 0 Å². The normalized spacial score (nSPS) is 14.1. The van der Waals surface area contributed by atoms with Gasteiger partial charge in [-0.15, -0.1) is 0 Å². The van der Waals surface area contributed by atoms with Crippen molar-refractivity contribution in [3.05, 3.63) is 53.7 Å². The van der Waals surface area contributed by atoms with Crippen molar-refractivity contribution >= 4 is 34.1 Å². The molecular formula is C20H21N5O2. The maximum atomic E-state index is 12.5. The maximum absolute atomic E-state index is 12.5. The molecule has 0 radical (unpaired) electrons. The van der Waals surface area contributed by atoms with Crippen molar-refractivity contribution in [1.29, 1.82) is 0 Å². The van der Waals surface area contributed by atoms with Gasteiger partial charge in [-0.25, -0.2) is 0 Å². The number of carbonyl (C=O) groups is 2. The van der Waals surface area contributed by atoms with Gasteiger partial charge in [0, 0.05) is 23.3 Å². The molecule has 4 N–H and O–H groups in total. The monoisotopic (exact) mass is 363 g/mol. The molecule has 0 aliphatic carbocycles. The van der Waals surface area contributed by atoms with Gasteiger partial charge in [0.2, 0.25) is 5.91 Å². The van der Waals surface area contributed by atoms with Crippen molar-refractivity contribution in [2.24, 2.45) is 0 Å². The Morgan fingerprint density at radius 2 is 2.04 bits per heavy atom. The third kappa shape index (κ3) is 3.48. The second-order valence-corrected chi connectivity index (χ2v) is 6.70. The van der Waals surface area contributed by atoms with Gasteiger partial charge < -0.3 is 16.0 Å². The molecular weight excluding hydrogens is 342 g/mol. The van der Waals surface area contributed by atoms with E-state index >= 15 is 0 Å². The molecule has 0 bridgehead atoms. The zero-order valence-electron chi connectivity index (χ0n) is 15.0. The van der Waals surface area contributed by atoms with Crippen molar-refractivity contribution in [1.82, 2.24) is 15.5 Å². The Morgan fingerprint density at radius 1 is 1.19 bits per heavy atom. The average molecular weight is 363 g/mol. The number of carbonyl (C=O) groups excluding carboxylic acids is 2. The summed E-state index contributed by atoms with van der Waals surface area (Å²) in [5, 5.41) is 16.5. The summed E-state index contributed by atoms with van der Waals surface area (Å²) in [5.41, 5.74) is 4.08. The van der Waals surface area contributed by atoms with Crippen molar-refractivity contribution in [2.45, 2.75) is 25.8 Å². The Hall–Kier alpha value is -3.35. The largest absolute Gasteiger partial charge is 0.385 e. The minimum absolute atomic E-state index is 0.279. The van der Waals surface area contributed by atoms with Gasteiger partial charge in [0.05, 0.1) is 5.52 Å². The molecule has 1 aliphatic rings. The fourth-order valence-electron chi connectivity index (χ4n) is 3.26. The molecule has 4 rings (SSSR count). The van der Waals surface area contributed by atoms with Crippen molar-refractivity contribution < 1.29 is 9.59 Å². The van der Waals surface area contributed by atoms with E-state index in [0.29, 0.717) is 5.69 Å². The predicted molar refractivity (Wildman–Crippen MR) is 105 cm³/mol. The number of nitrogens with zero attached hydrogens (tertiary/aromatic N) is 1. The van der Waals surface area contributed by atoms with E-state index in [9.17, 15) is 9.59 Å². The molecule has 0 saturated heterocycles. The molecule has 2 heterocycles. The molecule has 1 atom stereocenters. The lowest BCUT2D eigenvalue weighted by molar-refractivity contribution is -0.117. The Bertz CT molecular complexity index is 1010. The number of hydrogen-bond acceptors (Lipinski definition) is 4. The average Bonchev–Trinajstić information content (AvgIpc) is 3.12. The van der Waals surface area contributed by atoms with Crippen LogP contribution in [0.25, 0.3) is 10.9 Å². The highest BCUT2D eigenvalue weighted by molar-refractivity contribution is 6.07. The van der Waals surface area contributed by atoms with Crippen molar-refractivity contribution in [3.8, 4) is 0 Å². The van der Waals surface area contributed by atoms with Gasteiger partial charge in [0.1, 0.15) is 6.04 Å². The molecule has 0 fully saturated rings. The zero-order chi connectivity index (χ0) is 18.8. The number of para-hydroxylation sites is 1. The Balaban J connectivity index is 1.42. The van der Waals surface area contributed by atoms with Gasteiger partial charge in [0.25, 0.3) is 5.91 Å². The summed E-state index contributed by atoms with van der Waals surface area (Å²) in [4.78, 5) is 25.0. The molecule has 1 aliphatic heterocycles. The number of hydrogen-bond donors (Lipinski definition) is 4. The highest BCUT2D eigenvalue weighted by Gasteiger charge is 2.20. The molecule has 7 nitrogen and oxygen atoms in total. The second-order valence-electron chi connectivity index (χ2n) is 6.70. The molecule has 0 spiro atoms. The standard InChI is InChI=1S/C20H21N5O2/c1-12(22-20(27)18-15-6-2-3-7-16(15)24-25-18)19(26)23-14-9-8-13-5-4-10-21-17(13)11-14/h2-3,6-9,11-12,21H,4-5,10H2,1H3,(H,22,27)(H,23,26)(H,24,25). The summed E-state index contributed by atoms with van der Waals surface area (Å²) in [6.45, 7) is 2.59. The summed E-state index contributed by atoms with van der Waals surface area (Å²) in [6, 6.07) is 12.5. The number of amides is 2. The summed E-state index contributed by atoms with van der Waals surface area (Å²) >= 11 is 0. The number of benzene rings is 2. The van der Waals surface area contributed by atoms with E-state index in [-0.39, 0.29) is 17.5 Å². The van der Waals surface area contributed by atoms with Crippen LogP contribution >= 0.6 is 0 Å². The molecule has 7 heteroatoms. The molecule has 0 saturated carbocycles. The number of nitrogens with one attached hydrogen (secondary N) is 4. The summed E-state index contributed by atoms with van der Waals surface area (Å²) in [7, 11) is 0. The molecule has 27 heavy (non-hydrogen) atoms. The number of aromatic nitrogens is 2. The lowest BCUT2D eigenvalue weighted by atomic mass is 10.0. The number of rotatable bonds is 4. The van der Waals surface area contributed by atoms with Gasteiger partial charge in [0.15, 0.2) is 5.69 Å². The van der Waals surface area contributed by atoms with Crippen LogP contribution in [0.2, 0.25) is 0 Å². The second kappa shape index (κ2) is 7.11. The SMILES string of the molecule is CC(NC(=O)c1n[nH]c2ccccc12)C(=O)Nc1ccc2c(c1)NCCC2. The van der Waals surface area contributed by atoms with Gasteiger partial charge in [-0.3, -0.25) is 14.7 Å². The van der Waals surface area contributed by atoms with Crippen molar-refractivity contribution in [2.75, 3.05) is 17.2 Å². The third-order valence-electron chi connectivity index (χ3n) is 4.74. The van der Waals surface area contributed by atoms with E-state index in [4.69, 9.17) is 0 Å². The van der Waals surface area contributed by atoms with Crippen LogP contribution < -0.4 is 16.0 Å². The fourth-order valence-corrected chi connectivity index (χ4v) is 3.26. The predicted octanol–water partition coefficient (Wildman–Crippen LogP) is 2.68. The molecule has 1 aromatic heterocycles. The van der Waals surface area contributed by atoms with Crippen LogP contribution in [0.5, 0.6) is 0 Å². The number of aryl methyl sites for hydroxylation is 1. The number of fused-ring (bicyclic) bond motifs is 2. The van der Waals surface area contributed by atoms with E-state index in [1.165, 1.54) is 5.56 Å². The Kier molecular flexibility index (Phi) is 4.50. The Labute approximate surface area is 156 Å². The van der Waals surface area contributed by atoms with Crippen LogP contribution in [-0.4, -0.2) is 34.6 Å². The first-order chi connectivity index (χ1) is 13.1. The third-order valence-corrected chi connectivity index (χ3v) is 4.74. The smallest absolute Gasteiger partial charge is 0.273 e. The number of H-pyrrole nitrogens is 1. The fraction of sp³-hybridized carbons (Fsp3) is 0.250. The number of anilines is 2. The minimum atomic E-state index is -0.697. The van der Waals surface area contributed by atoms with E-state index < -0.39 is 6.04 Å². The first kappa shape index (κ1) is 17.1. The van der Waals surface area contributed by atoms with E-state index in [1.54, 1.807) is 6.92 Å². The zero-order valence-corrected chi connectivity index (χ0v) is 15.0. The van der Waals surface area contributed by atoms with Crippen LogP contribution in [0.4, 0.5) is 11.4 Å². The molecule has 3 aromatic rings. The van der Waals surface area contributed by atoms with Gasteiger partial charge >= 0.3 is 0 Å². The molecule has 2 amide bonds. The molecule has 138 valence electrons. The highest BCUT2D eigenvalue weighted by Crippen LogP contribution is 2.25. The van der Waals surface area contributed by atoms with Crippen LogP contribution in [-0.2, 0) is 11.2 Å². The maximum Gasteiger partial charge on any atom is 0.273 e. The van der Waals surface area contributed by atoms with Crippen LogP contribution in [0, 0.1) is 0 Å². The lowest BCUT2D eigenvalue weighted by Gasteiger charge is -2.19. The first-order valence-electron chi connectivity index (χ1n) is 9.03. The number of aromatic amines is 1.